The summed E-state index contributed by atoms with van der Waals surface area (Å²) in [5.74, 6) is 0.682. The van der Waals surface area contributed by atoms with E-state index in [4.69, 9.17) is 14.2 Å². The molecule has 0 bridgehead atoms. The average Bonchev–Trinajstić information content (AvgIpc) is 2.44. The SMILES string of the molecule is CC(C)CCCCCCOC(=O)CCCOCCOC(C)C. The molecule has 0 rings (SSSR count). The van der Waals surface area contributed by atoms with Gasteiger partial charge in [-0.25, -0.2) is 0 Å². The molecule has 0 aromatic carbocycles. The van der Waals surface area contributed by atoms with Gasteiger partial charge in [-0.15, -0.1) is 0 Å². The van der Waals surface area contributed by atoms with Crippen LogP contribution in [0.1, 0.15) is 72.6 Å². The molecule has 0 fully saturated rings. The highest BCUT2D eigenvalue weighted by molar-refractivity contribution is 5.69. The van der Waals surface area contributed by atoms with Gasteiger partial charge in [0.1, 0.15) is 0 Å². The Bertz CT molecular complexity index is 227. The standard InChI is InChI=1S/C18H36O4/c1-16(2)10-7-5-6-8-13-22-18(19)11-9-12-20-14-15-21-17(3)4/h16-17H,5-15H2,1-4H3. The van der Waals surface area contributed by atoms with Crippen LogP contribution in [-0.2, 0) is 19.0 Å². The Balaban J connectivity index is 3.20. The van der Waals surface area contributed by atoms with Crippen LogP contribution in [0.5, 0.6) is 0 Å². The van der Waals surface area contributed by atoms with E-state index in [1.54, 1.807) is 0 Å². The lowest BCUT2D eigenvalue weighted by molar-refractivity contribution is -0.144. The molecule has 0 aliphatic heterocycles. The van der Waals surface area contributed by atoms with E-state index in [0.29, 0.717) is 32.8 Å². The molecule has 0 unspecified atom stereocenters. The van der Waals surface area contributed by atoms with Crippen molar-refractivity contribution in [3.05, 3.63) is 0 Å². The first-order valence-electron chi connectivity index (χ1n) is 8.87. The monoisotopic (exact) mass is 316 g/mol. The maximum atomic E-state index is 11.5. The highest BCUT2D eigenvalue weighted by atomic mass is 16.5. The van der Waals surface area contributed by atoms with Crippen molar-refractivity contribution in [1.29, 1.82) is 0 Å². The predicted octanol–water partition coefficient (Wildman–Crippen LogP) is 4.36. The number of rotatable bonds is 15. The minimum atomic E-state index is -0.107. The van der Waals surface area contributed by atoms with Crippen LogP contribution >= 0.6 is 0 Å². The van der Waals surface area contributed by atoms with Crippen LogP contribution in [0, 0.1) is 5.92 Å². The van der Waals surface area contributed by atoms with Gasteiger partial charge in [0.25, 0.3) is 0 Å². The van der Waals surface area contributed by atoms with Gasteiger partial charge in [-0.2, -0.15) is 0 Å². The number of unbranched alkanes of at least 4 members (excludes halogenated alkanes) is 3. The van der Waals surface area contributed by atoms with Crippen LogP contribution in [0.25, 0.3) is 0 Å². The zero-order chi connectivity index (χ0) is 16.6. The molecule has 4 heteroatoms. The molecule has 0 saturated heterocycles. The molecule has 22 heavy (non-hydrogen) atoms. The van der Waals surface area contributed by atoms with Gasteiger partial charge in [-0.05, 0) is 32.6 Å². The summed E-state index contributed by atoms with van der Waals surface area (Å²) in [6.07, 6.45) is 7.34. The molecule has 4 nitrogen and oxygen atoms in total. The molecule has 0 radical (unpaired) electrons. The van der Waals surface area contributed by atoms with Crippen LogP contribution in [0.2, 0.25) is 0 Å². The summed E-state index contributed by atoms with van der Waals surface area (Å²) in [4.78, 5) is 11.5. The number of carbonyl (C=O) groups excluding carboxylic acids is 1. The smallest absolute Gasteiger partial charge is 0.305 e. The third-order valence-electron chi connectivity index (χ3n) is 3.29. The van der Waals surface area contributed by atoms with Crippen molar-refractivity contribution in [3.63, 3.8) is 0 Å². The van der Waals surface area contributed by atoms with Gasteiger partial charge in [0.15, 0.2) is 0 Å². The Morgan fingerprint density at radius 1 is 0.818 bits per heavy atom. The molecule has 0 aliphatic rings. The fourth-order valence-electron chi connectivity index (χ4n) is 2.03. The van der Waals surface area contributed by atoms with Crippen molar-refractivity contribution in [3.8, 4) is 0 Å². The van der Waals surface area contributed by atoms with Crippen molar-refractivity contribution in [2.45, 2.75) is 78.7 Å². The second-order valence-electron chi connectivity index (χ2n) is 6.45. The molecule has 0 spiro atoms. The molecular formula is C18H36O4. The minimum Gasteiger partial charge on any atom is -0.466 e. The lowest BCUT2D eigenvalue weighted by Crippen LogP contribution is -2.11. The van der Waals surface area contributed by atoms with Gasteiger partial charge in [0.2, 0.25) is 0 Å². The van der Waals surface area contributed by atoms with Gasteiger partial charge in [-0.1, -0.05) is 39.5 Å². The average molecular weight is 316 g/mol. The first-order valence-corrected chi connectivity index (χ1v) is 8.87. The summed E-state index contributed by atoms with van der Waals surface area (Å²) in [7, 11) is 0. The van der Waals surface area contributed by atoms with Gasteiger partial charge in [0, 0.05) is 13.0 Å². The Kier molecular flexibility index (Phi) is 14.9. The number of hydrogen-bond acceptors (Lipinski definition) is 4. The molecule has 0 aliphatic carbocycles. The summed E-state index contributed by atoms with van der Waals surface area (Å²) in [6, 6.07) is 0. The molecule has 0 N–H and O–H groups in total. The van der Waals surface area contributed by atoms with E-state index in [-0.39, 0.29) is 12.1 Å². The Labute approximate surface area is 136 Å². The third kappa shape index (κ3) is 17.4. The molecule has 0 saturated carbocycles. The van der Waals surface area contributed by atoms with Crippen LogP contribution in [0.4, 0.5) is 0 Å². The summed E-state index contributed by atoms with van der Waals surface area (Å²) in [5.41, 5.74) is 0. The molecule has 0 aromatic heterocycles. The largest absolute Gasteiger partial charge is 0.466 e. The van der Waals surface area contributed by atoms with E-state index < -0.39 is 0 Å². The molecule has 0 aromatic rings. The Morgan fingerprint density at radius 2 is 1.55 bits per heavy atom. The van der Waals surface area contributed by atoms with E-state index >= 15 is 0 Å². The summed E-state index contributed by atoms with van der Waals surface area (Å²) >= 11 is 0. The maximum Gasteiger partial charge on any atom is 0.305 e. The normalized spacial score (nSPS) is 11.4. The highest BCUT2D eigenvalue weighted by Gasteiger charge is 2.03. The van der Waals surface area contributed by atoms with E-state index in [9.17, 15) is 4.79 Å². The van der Waals surface area contributed by atoms with Crippen LogP contribution in [-0.4, -0.2) is 38.5 Å². The highest BCUT2D eigenvalue weighted by Crippen LogP contribution is 2.09. The Morgan fingerprint density at radius 3 is 2.23 bits per heavy atom. The molecule has 0 amide bonds. The van der Waals surface area contributed by atoms with E-state index in [1.807, 2.05) is 13.8 Å². The molecule has 132 valence electrons. The quantitative estimate of drug-likeness (QED) is 0.333. The molecule has 0 heterocycles. The third-order valence-corrected chi connectivity index (χ3v) is 3.29. The van der Waals surface area contributed by atoms with Crippen molar-refractivity contribution in [2.75, 3.05) is 26.4 Å². The van der Waals surface area contributed by atoms with Crippen LogP contribution < -0.4 is 0 Å². The summed E-state index contributed by atoms with van der Waals surface area (Å²) in [5, 5.41) is 0. The maximum absolute atomic E-state index is 11.5. The second kappa shape index (κ2) is 15.3. The van der Waals surface area contributed by atoms with Crippen molar-refractivity contribution < 1.29 is 19.0 Å². The number of hydrogen-bond donors (Lipinski definition) is 0. The fourth-order valence-corrected chi connectivity index (χ4v) is 2.03. The first kappa shape index (κ1) is 21.4. The molecular weight excluding hydrogens is 280 g/mol. The molecule has 0 atom stereocenters. The minimum absolute atomic E-state index is 0.107. The zero-order valence-electron chi connectivity index (χ0n) is 15.1. The van der Waals surface area contributed by atoms with E-state index in [1.165, 1.54) is 19.3 Å². The number of ether oxygens (including phenoxy) is 3. The number of esters is 1. The summed E-state index contributed by atoms with van der Waals surface area (Å²) < 4.78 is 16.0. The zero-order valence-corrected chi connectivity index (χ0v) is 15.1. The predicted molar refractivity (Wildman–Crippen MR) is 90.0 cm³/mol. The summed E-state index contributed by atoms with van der Waals surface area (Å²) in [6.45, 7) is 10.9. The lowest BCUT2D eigenvalue weighted by atomic mass is 10.0. The van der Waals surface area contributed by atoms with Crippen molar-refractivity contribution >= 4 is 5.97 Å². The Hall–Kier alpha value is -0.610. The van der Waals surface area contributed by atoms with Crippen molar-refractivity contribution in [1.82, 2.24) is 0 Å². The topological polar surface area (TPSA) is 44.8 Å². The van der Waals surface area contributed by atoms with E-state index in [0.717, 1.165) is 25.2 Å². The van der Waals surface area contributed by atoms with Gasteiger partial charge >= 0.3 is 5.97 Å². The second-order valence-corrected chi connectivity index (χ2v) is 6.45. The fraction of sp³-hybridized carbons (Fsp3) is 0.944. The van der Waals surface area contributed by atoms with E-state index in [2.05, 4.69) is 13.8 Å². The van der Waals surface area contributed by atoms with Crippen molar-refractivity contribution in [2.24, 2.45) is 5.92 Å². The van der Waals surface area contributed by atoms with Gasteiger partial charge < -0.3 is 14.2 Å². The van der Waals surface area contributed by atoms with Gasteiger partial charge in [0.05, 0.1) is 25.9 Å². The van der Waals surface area contributed by atoms with Crippen LogP contribution in [0.15, 0.2) is 0 Å². The number of carbonyl (C=O) groups is 1. The van der Waals surface area contributed by atoms with Crippen LogP contribution in [0.3, 0.4) is 0 Å². The first-order chi connectivity index (χ1) is 10.5. The van der Waals surface area contributed by atoms with Gasteiger partial charge in [-0.3, -0.25) is 4.79 Å². The lowest BCUT2D eigenvalue weighted by Gasteiger charge is -2.08.